The molecule has 8 heteroatoms. The molecule has 31 heavy (non-hydrogen) atoms. The Balaban J connectivity index is 1.49. The van der Waals surface area contributed by atoms with E-state index >= 15 is 0 Å². The van der Waals surface area contributed by atoms with Crippen LogP contribution in [0.3, 0.4) is 0 Å². The fraction of sp³-hybridized carbons (Fsp3) is 0.391. The fourth-order valence-electron chi connectivity index (χ4n) is 4.33. The molecule has 158 valence electrons. The molecule has 0 N–H and O–H groups in total. The van der Waals surface area contributed by atoms with Crippen LogP contribution in [-0.2, 0) is 4.79 Å². The number of hydrogen-bond acceptors (Lipinski definition) is 6. The monoisotopic (exact) mass is 416 g/mol. The molecule has 0 saturated carbocycles. The molecule has 1 aliphatic carbocycles. The van der Waals surface area contributed by atoms with E-state index in [1.807, 2.05) is 26.8 Å². The molecular weight excluding hydrogens is 392 g/mol. The summed E-state index contributed by atoms with van der Waals surface area (Å²) in [4.78, 5) is 46.5. The zero-order chi connectivity index (χ0) is 21.8. The summed E-state index contributed by atoms with van der Waals surface area (Å²) in [5.74, 6) is 1.06. The zero-order valence-corrected chi connectivity index (χ0v) is 17.9. The van der Waals surface area contributed by atoms with Gasteiger partial charge in [0.25, 0.3) is 5.91 Å². The summed E-state index contributed by atoms with van der Waals surface area (Å²) in [5, 5.41) is 0. The molecule has 4 heterocycles. The topological polar surface area (TPSA) is 92.2 Å². The van der Waals surface area contributed by atoms with E-state index in [9.17, 15) is 9.59 Å². The molecular formula is C23H24N6O2. The first-order valence-corrected chi connectivity index (χ1v) is 10.5. The van der Waals surface area contributed by atoms with Crippen molar-refractivity contribution in [3.63, 3.8) is 0 Å². The quantitative estimate of drug-likeness (QED) is 0.764. The number of allylic oxidation sites excluding steroid dienone is 4. The van der Waals surface area contributed by atoms with Gasteiger partial charge in [-0.2, -0.15) is 0 Å². The van der Waals surface area contributed by atoms with Gasteiger partial charge in [0, 0.05) is 42.7 Å². The van der Waals surface area contributed by atoms with Gasteiger partial charge < -0.3 is 4.90 Å². The molecule has 1 atom stereocenters. The summed E-state index contributed by atoms with van der Waals surface area (Å²) in [6, 6.07) is 0. The van der Waals surface area contributed by atoms with Crippen molar-refractivity contribution in [1.82, 2.24) is 24.8 Å². The normalized spacial score (nSPS) is 21.9. The summed E-state index contributed by atoms with van der Waals surface area (Å²) in [6.07, 6.45) is 12.5. The van der Waals surface area contributed by atoms with Gasteiger partial charge in [-0.1, -0.05) is 19.9 Å². The van der Waals surface area contributed by atoms with Crippen LogP contribution in [-0.4, -0.2) is 49.7 Å². The van der Waals surface area contributed by atoms with Crippen molar-refractivity contribution in [2.45, 2.75) is 33.6 Å². The largest absolute Gasteiger partial charge is 0.337 e. The first-order valence-electron chi connectivity index (χ1n) is 10.5. The van der Waals surface area contributed by atoms with Crippen molar-refractivity contribution in [2.24, 2.45) is 11.3 Å². The van der Waals surface area contributed by atoms with Gasteiger partial charge in [0.2, 0.25) is 5.91 Å². The van der Waals surface area contributed by atoms with Crippen LogP contribution in [0.5, 0.6) is 0 Å². The molecule has 0 spiro atoms. The van der Waals surface area contributed by atoms with Gasteiger partial charge in [0.05, 0.1) is 17.8 Å². The molecule has 2 aromatic heterocycles. The molecule has 2 amide bonds. The maximum absolute atomic E-state index is 13.4. The van der Waals surface area contributed by atoms with Gasteiger partial charge in [-0.15, -0.1) is 0 Å². The lowest BCUT2D eigenvalue weighted by molar-refractivity contribution is -0.125. The van der Waals surface area contributed by atoms with E-state index in [2.05, 4.69) is 26.0 Å². The first-order chi connectivity index (χ1) is 14.9. The summed E-state index contributed by atoms with van der Waals surface area (Å²) < 4.78 is 0. The number of rotatable bonds is 3. The van der Waals surface area contributed by atoms with E-state index in [0.717, 1.165) is 42.8 Å². The zero-order valence-electron chi connectivity index (χ0n) is 17.9. The molecule has 5 rings (SSSR count). The van der Waals surface area contributed by atoms with Crippen molar-refractivity contribution in [1.29, 1.82) is 0 Å². The Labute approximate surface area is 180 Å². The standard InChI is InChI=1S/C23H24N6O2/c1-14-24-10-16(11-25-14)15-5-6-17-19(9-15)29(22(31)23(17,2)3)20-13-26-18(12-27-20)21(30)28-7-4-8-28/h5,9-13,17H,4,6-8H2,1-3H3. The minimum Gasteiger partial charge on any atom is -0.337 e. The number of fused-ring (bicyclic) bond motifs is 1. The molecule has 1 unspecified atom stereocenters. The highest BCUT2D eigenvalue weighted by Gasteiger charge is 2.52. The van der Waals surface area contributed by atoms with Crippen LogP contribution < -0.4 is 4.90 Å². The lowest BCUT2D eigenvalue weighted by Gasteiger charge is -2.30. The Morgan fingerprint density at radius 3 is 2.42 bits per heavy atom. The second-order valence-electron chi connectivity index (χ2n) is 8.80. The number of likely N-dealkylation sites (tertiary alicyclic amines) is 1. The van der Waals surface area contributed by atoms with Crippen LogP contribution >= 0.6 is 0 Å². The minimum absolute atomic E-state index is 0.0188. The Morgan fingerprint density at radius 2 is 1.81 bits per heavy atom. The predicted octanol–water partition coefficient (Wildman–Crippen LogP) is 2.78. The van der Waals surface area contributed by atoms with Crippen molar-refractivity contribution in [3.05, 3.63) is 59.7 Å². The van der Waals surface area contributed by atoms with Crippen LogP contribution in [0, 0.1) is 18.3 Å². The van der Waals surface area contributed by atoms with Crippen LogP contribution in [0.1, 0.15) is 48.6 Å². The van der Waals surface area contributed by atoms with Crippen molar-refractivity contribution in [2.75, 3.05) is 18.0 Å². The summed E-state index contributed by atoms with van der Waals surface area (Å²) in [6.45, 7) is 7.30. The number of carbonyl (C=O) groups excluding carboxylic acids is 2. The van der Waals surface area contributed by atoms with Gasteiger partial charge in [-0.05, 0) is 31.4 Å². The average molecular weight is 416 g/mol. The van der Waals surface area contributed by atoms with Crippen molar-refractivity contribution >= 4 is 23.2 Å². The summed E-state index contributed by atoms with van der Waals surface area (Å²) in [7, 11) is 0. The van der Waals surface area contributed by atoms with Crippen LogP contribution in [0.15, 0.2) is 42.6 Å². The third-order valence-electron chi connectivity index (χ3n) is 6.46. The van der Waals surface area contributed by atoms with Crippen molar-refractivity contribution in [3.8, 4) is 0 Å². The maximum Gasteiger partial charge on any atom is 0.274 e. The number of carbonyl (C=O) groups is 2. The molecule has 0 aromatic carbocycles. The summed E-state index contributed by atoms with van der Waals surface area (Å²) in [5.41, 5.74) is 2.53. The number of anilines is 1. The third-order valence-corrected chi connectivity index (χ3v) is 6.46. The highest BCUT2D eigenvalue weighted by molar-refractivity contribution is 6.04. The number of aromatic nitrogens is 4. The number of aryl methyl sites for hydroxylation is 1. The van der Waals surface area contributed by atoms with Crippen molar-refractivity contribution < 1.29 is 9.59 Å². The molecule has 0 bridgehead atoms. The maximum atomic E-state index is 13.4. The van der Waals surface area contributed by atoms with E-state index in [-0.39, 0.29) is 17.7 Å². The van der Waals surface area contributed by atoms with Gasteiger partial charge in [-0.25, -0.2) is 19.9 Å². The SMILES string of the molecule is Cc1ncc(C2=CCC3C(=C2)N(c2cnc(C(=O)N4CCC4)cn2)C(=O)C3(C)C)cn1. The van der Waals surface area contributed by atoms with Crippen LogP contribution in [0.4, 0.5) is 5.82 Å². The van der Waals surface area contributed by atoms with E-state index in [1.165, 1.54) is 12.4 Å². The van der Waals surface area contributed by atoms with E-state index in [0.29, 0.717) is 17.3 Å². The molecule has 3 aliphatic rings. The third kappa shape index (κ3) is 3.13. The Kier molecular flexibility index (Phi) is 4.46. The average Bonchev–Trinajstić information content (AvgIpc) is 2.93. The second-order valence-corrected chi connectivity index (χ2v) is 8.80. The number of amides is 2. The predicted molar refractivity (Wildman–Crippen MR) is 115 cm³/mol. The fourth-order valence-corrected chi connectivity index (χ4v) is 4.33. The molecule has 2 saturated heterocycles. The number of hydrogen-bond donors (Lipinski definition) is 0. The van der Waals surface area contributed by atoms with Gasteiger partial charge in [-0.3, -0.25) is 14.5 Å². The highest BCUT2D eigenvalue weighted by atomic mass is 16.2. The lowest BCUT2D eigenvalue weighted by atomic mass is 9.75. The first kappa shape index (κ1) is 19.5. The molecule has 2 fully saturated rings. The lowest BCUT2D eigenvalue weighted by Crippen LogP contribution is -2.42. The van der Waals surface area contributed by atoms with Crippen LogP contribution in [0.2, 0.25) is 0 Å². The van der Waals surface area contributed by atoms with Gasteiger partial charge in [0.15, 0.2) is 5.82 Å². The Morgan fingerprint density at radius 1 is 1.06 bits per heavy atom. The second kappa shape index (κ2) is 7.08. The van der Waals surface area contributed by atoms with Crippen LogP contribution in [0.25, 0.3) is 5.57 Å². The van der Waals surface area contributed by atoms with E-state index in [1.54, 1.807) is 22.2 Å². The van der Waals surface area contributed by atoms with Gasteiger partial charge in [0.1, 0.15) is 11.5 Å². The smallest absolute Gasteiger partial charge is 0.274 e. The molecule has 0 radical (unpaired) electrons. The summed E-state index contributed by atoms with van der Waals surface area (Å²) >= 11 is 0. The van der Waals surface area contributed by atoms with Gasteiger partial charge >= 0.3 is 0 Å². The Bertz CT molecular complexity index is 1110. The molecule has 2 aliphatic heterocycles. The number of nitrogens with zero attached hydrogens (tertiary/aromatic N) is 6. The molecule has 8 nitrogen and oxygen atoms in total. The van der Waals surface area contributed by atoms with E-state index < -0.39 is 5.41 Å². The molecule has 2 aromatic rings. The highest BCUT2D eigenvalue weighted by Crippen LogP contribution is 2.49. The van der Waals surface area contributed by atoms with E-state index in [4.69, 9.17) is 0 Å². The Hall–Kier alpha value is -3.42. The minimum atomic E-state index is -0.564.